The highest BCUT2D eigenvalue weighted by Crippen LogP contribution is 2.17. The maximum atomic E-state index is 4.22. The molecular weight excluding hydrogens is 162 g/mol. The van der Waals surface area contributed by atoms with Crippen LogP contribution in [0.25, 0.3) is 16.7 Å². The van der Waals surface area contributed by atoms with E-state index >= 15 is 0 Å². The molecule has 0 fully saturated rings. The molecular formula is C10H9N3. The van der Waals surface area contributed by atoms with Crippen LogP contribution in [0, 0.1) is 0 Å². The van der Waals surface area contributed by atoms with Gasteiger partial charge in [-0.2, -0.15) is 0 Å². The topological polar surface area (TPSA) is 38.7 Å². The van der Waals surface area contributed by atoms with Crippen molar-refractivity contribution in [2.24, 2.45) is 0 Å². The van der Waals surface area contributed by atoms with Gasteiger partial charge in [0.2, 0.25) is 0 Å². The van der Waals surface area contributed by atoms with E-state index in [1.54, 1.807) is 18.6 Å². The first-order valence-corrected chi connectivity index (χ1v) is 4.00. The molecule has 3 heteroatoms. The summed E-state index contributed by atoms with van der Waals surface area (Å²) in [5.41, 5.74) is 3.48. The third kappa shape index (κ3) is 1.28. The molecule has 0 atom stereocenters. The summed E-state index contributed by atoms with van der Waals surface area (Å²) in [6.07, 6.45) is 5.02. The van der Waals surface area contributed by atoms with E-state index in [4.69, 9.17) is 0 Å². The summed E-state index contributed by atoms with van der Waals surface area (Å²) in [7, 11) is 0. The molecule has 2 rings (SSSR count). The van der Waals surface area contributed by atoms with E-state index in [2.05, 4.69) is 21.5 Å². The molecule has 64 valence electrons. The van der Waals surface area contributed by atoms with Crippen LogP contribution in [0.2, 0.25) is 0 Å². The number of rotatable bonds is 1. The molecule has 2 aromatic rings. The van der Waals surface area contributed by atoms with Gasteiger partial charge in [0.15, 0.2) is 5.65 Å². The molecule has 0 aliphatic heterocycles. The Hall–Kier alpha value is -1.77. The number of hydrogen-bond donors (Lipinski definition) is 0. The Kier molecular flexibility index (Phi) is 1.77. The summed E-state index contributed by atoms with van der Waals surface area (Å²) in [6, 6.07) is 1.90. The zero-order valence-corrected chi connectivity index (χ0v) is 7.36. The molecule has 0 aromatic carbocycles. The molecule has 0 N–H and O–H groups in total. The van der Waals surface area contributed by atoms with Gasteiger partial charge in [-0.25, -0.2) is 9.97 Å². The average molecular weight is 171 g/mol. The summed E-state index contributed by atoms with van der Waals surface area (Å²) < 4.78 is 0. The first-order chi connectivity index (χ1) is 6.29. The van der Waals surface area contributed by atoms with Gasteiger partial charge in [0, 0.05) is 24.2 Å². The normalized spacial score (nSPS) is 10.2. The quantitative estimate of drug-likeness (QED) is 0.659. The second-order valence-corrected chi connectivity index (χ2v) is 2.87. The highest BCUT2D eigenvalue weighted by atomic mass is 14.9. The smallest absolute Gasteiger partial charge is 0.178 e. The zero-order valence-electron chi connectivity index (χ0n) is 7.36. The van der Waals surface area contributed by atoms with E-state index in [0.29, 0.717) is 5.65 Å². The molecule has 0 saturated heterocycles. The Labute approximate surface area is 76.2 Å². The van der Waals surface area contributed by atoms with Crippen molar-refractivity contribution in [2.45, 2.75) is 6.92 Å². The van der Waals surface area contributed by atoms with Gasteiger partial charge in [0.25, 0.3) is 0 Å². The Morgan fingerprint density at radius 1 is 1.15 bits per heavy atom. The first kappa shape index (κ1) is 7.86. The standard InChI is InChI=1S/C10H9N3/c1-7(2)8-3-4-12-10-9(8)11-5-6-13-10/h3-6H,1H2,2H3. The first-order valence-electron chi connectivity index (χ1n) is 4.00. The fourth-order valence-electron chi connectivity index (χ4n) is 1.22. The van der Waals surface area contributed by atoms with Crippen LogP contribution in [0.5, 0.6) is 0 Å². The van der Waals surface area contributed by atoms with Crippen LogP contribution in [0.4, 0.5) is 0 Å². The second-order valence-electron chi connectivity index (χ2n) is 2.87. The van der Waals surface area contributed by atoms with Crippen molar-refractivity contribution >= 4 is 16.7 Å². The van der Waals surface area contributed by atoms with Crippen LogP contribution < -0.4 is 0 Å². The lowest BCUT2D eigenvalue weighted by molar-refractivity contribution is 1.22. The van der Waals surface area contributed by atoms with E-state index in [-0.39, 0.29) is 0 Å². The molecule has 0 aliphatic carbocycles. The van der Waals surface area contributed by atoms with Crippen LogP contribution in [-0.2, 0) is 0 Å². The van der Waals surface area contributed by atoms with Gasteiger partial charge in [-0.15, -0.1) is 0 Å². The number of aromatic nitrogens is 3. The maximum Gasteiger partial charge on any atom is 0.178 e. The van der Waals surface area contributed by atoms with Crippen molar-refractivity contribution in [3.63, 3.8) is 0 Å². The third-order valence-corrected chi connectivity index (χ3v) is 1.83. The lowest BCUT2D eigenvalue weighted by atomic mass is 10.1. The zero-order chi connectivity index (χ0) is 9.26. The molecule has 0 spiro atoms. The van der Waals surface area contributed by atoms with Gasteiger partial charge >= 0.3 is 0 Å². The molecule has 0 unspecified atom stereocenters. The highest BCUT2D eigenvalue weighted by molar-refractivity contribution is 5.84. The summed E-state index contributed by atoms with van der Waals surface area (Å²) in [5.74, 6) is 0. The van der Waals surface area contributed by atoms with E-state index in [9.17, 15) is 0 Å². The molecule has 13 heavy (non-hydrogen) atoms. The number of pyridine rings is 1. The fraction of sp³-hybridized carbons (Fsp3) is 0.100. The lowest BCUT2D eigenvalue weighted by Crippen LogP contribution is -1.90. The minimum absolute atomic E-state index is 0.669. The number of fused-ring (bicyclic) bond motifs is 1. The van der Waals surface area contributed by atoms with Gasteiger partial charge < -0.3 is 0 Å². The van der Waals surface area contributed by atoms with Gasteiger partial charge in [-0.05, 0) is 18.6 Å². The lowest BCUT2D eigenvalue weighted by Gasteiger charge is -2.01. The maximum absolute atomic E-state index is 4.22. The largest absolute Gasteiger partial charge is 0.251 e. The molecule has 0 aliphatic rings. The highest BCUT2D eigenvalue weighted by Gasteiger charge is 2.02. The van der Waals surface area contributed by atoms with Crippen molar-refractivity contribution in [3.05, 3.63) is 36.8 Å². The van der Waals surface area contributed by atoms with Crippen LogP contribution in [0.3, 0.4) is 0 Å². The van der Waals surface area contributed by atoms with Crippen molar-refractivity contribution in [2.75, 3.05) is 0 Å². The summed E-state index contributed by atoms with van der Waals surface area (Å²) in [4.78, 5) is 12.4. The molecule has 0 bridgehead atoms. The van der Waals surface area contributed by atoms with E-state index in [0.717, 1.165) is 16.7 Å². The predicted molar refractivity (Wildman–Crippen MR) is 52.0 cm³/mol. The minimum Gasteiger partial charge on any atom is -0.251 e. The molecule has 0 amide bonds. The van der Waals surface area contributed by atoms with Crippen LogP contribution in [0.1, 0.15) is 12.5 Å². The van der Waals surface area contributed by atoms with Crippen LogP contribution in [0.15, 0.2) is 31.2 Å². The van der Waals surface area contributed by atoms with Gasteiger partial charge in [-0.3, -0.25) is 4.98 Å². The summed E-state index contributed by atoms with van der Waals surface area (Å²) in [5, 5.41) is 0. The second kappa shape index (κ2) is 2.94. The Morgan fingerprint density at radius 3 is 2.62 bits per heavy atom. The van der Waals surface area contributed by atoms with Crippen molar-refractivity contribution in [3.8, 4) is 0 Å². The SMILES string of the molecule is C=C(C)c1ccnc2nccnc12. The molecule has 2 aromatic heterocycles. The Morgan fingerprint density at radius 2 is 1.85 bits per heavy atom. The van der Waals surface area contributed by atoms with Crippen molar-refractivity contribution in [1.82, 2.24) is 15.0 Å². The van der Waals surface area contributed by atoms with Gasteiger partial charge in [0.1, 0.15) is 5.52 Å². The average Bonchev–Trinajstić information content (AvgIpc) is 2.17. The van der Waals surface area contributed by atoms with E-state index in [1.165, 1.54) is 0 Å². The molecule has 0 radical (unpaired) electrons. The number of allylic oxidation sites excluding steroid dienone is 1. The van der Waals surface area contributed by atoms with Crippen LogP contribution >= 0.6 is 0 Å². The fourth-order valence-corrected chi connectivity index (χ4v) is 1.22. The summed E-state index contributed by atoms with van der Waals surface area (Å²) >= 11 is 0. The van der Waals surface area contributed by atoms with Gasteiger partial charge in [0.05, 0.1) is 0 Å². The molecule has 2 heterocycles. The van der Waals surface area contributed by atoms with Gasteiger partial charge in [-0.1, -0.05) is 6.58 Å². The number of hydrogen-bond acceptors (Lipinski definition) is 3. The predicted octanol–water partition coefficient (Wildman–Crippen LogP) is 2.06. The van der Waals surface area contributed by atoms with Crippen molar-refractivity contribution < 1.29 is 0 Å². The van der Waals surface area contributed by atoms with E-state index in [1.807, 2.05) is 13.0 Å². The Balaban J connectivity index is 2.83. The third-order valence-electron chi connectivity index (χ3n) is 1.83. The minimum atomic E-state index is 0.669. The Bertz CT molecular complexity index is 457. The monoisotopic (exact) mass is 171 g/mol. The van der Waals surface area contributed by atoms with Crippen molar-refractivity contribution in [1.29, 1.82) is 0 Å². The van der Waals surface area contributed by atoms with E-state index < -0.39 is 0 Å². The van der Waals surface area contributed by atoms with Crippen LogP contribution in [-0.4, -0.2) is 15.0 Å². The molecule has 3 nitrogen and oxygen atoms in total. The number of nitrogens with zero attached hydrogens (tertiary/aromatic N) is 3. The summed E-state index contributed by atoms with van der Waals surface area (Å²) in [6.45, 7) is 5.83. The molecule has 0 saturated carbocycles.